The van der Waals surface area contributed by atoms with Crippen LogP contribution in [0.2, 0.25) is 0 Å². The molecule has 3 nitrogen and oxygen atoms in total. The number of benzene rings is 1. The second-order valence-corrected chi connectivity index (χ2v) is 6.05. The molecule has 0 radical (unpaired) electrons. The molecule has 3 N–H and O–H groups in total. The maximum Gasteiger partial charge on any atom is 0.0650 e. The predicted molar refractivity (Wildman–Crippen MR) is 81.8 cm³/mol. The fourth-order valence-corrected chi connectivity index (χ4v) is 3.03. The maximum absolute atomic E-state index is 9.54. The minimum Gasteiger partial charge on any atom is -0.394 e. The van der Waals surface area contributed by atoms with E-state index in [9.17, 15) is 10.2 Å². The Morgan fingerprint density at radius 2 is 1.80 bits per heavy atom. The van der Waals surface area contributed by atoms with Crippen molar-refractivity contribution in [2.75, 3.05) is 13.2 Å². The SMILES string of the molecule is CCC(CO)(CO)NC(C)c1ccc2c(c1)CCCC2. The van der Waals surface area contributed by atoms with Gasteiger partial charge in [-0.3, -0.25) is 0 Å². The summed E-state index contributed by atoms with van der Waals surface area (Å²) in [4.78, 5) is 0. The minimum absolute atomic E-state index is 0.0463. The van der Waals surface area contributed by atoms with E-state index in [0.29, 0.717) is 6.42 Å². The normalized spacial score (nSPS) is 16.8. The van der Waals surface area contributed by atoms with Crippen molar-refractivity contribution in [2.24, 2.45) is 0 Å². The van der Waals surface area contributed by atoms with Crippen LogP contribution in [0.1, 0.15) is 55.8 Å². The lowest BCUT2D eigenvalue weighted by molar-refractivity contribution is 0.0793. The summed E-state index contributed by atoms with van der Waals surface area (Å²) in [6.07, 6.45) is 5.66. The van der Waals surface area contributed by atoms with Crippen LogP contribution in [0.5, 0.6) is 0 Å². The summed E-state index contributed by atoms with van der Waals surface area (Å²) in [6.45, 7) is 3.99. The number of fused-ring (bicyclic) bond motifs is 1. The molecule has 0 saturated carbocycles. The largest absolute Gasteiger partial charge is 0.394 e. The number of aliphatic hydroxyl groups is 2. The highest BCUT2D eigenvalue weighted by Gasteiger charge is 2.28. The molecule has 0 bridgehead atoms. The molecular weight excluding hydrogens is 250 g/mol. The third-order valence-electron chi connectivity index (χ3n) is 4.68. The number of aliphatic hydroxyl groups excluding tert-OH is 2. The van der Waals surface area contributed by atoms with Gasteiger partial charge in [0.2, 0.25) is 0 Å². The van der Waals surface area contributed by atoms with Gasteiger partial charge in [0.05, 0.1) is 18.8 Å². The lowest BCUT2D eigenvalue weighted by Gasteiger charge is -2.33. The zero-order valence-electron chi connectivity index (χ0n) is 12.7. The molecule has 112 valence electrons. The van der Waals surface area contributed by atoms with Crippen LogP contribution in [0.25, 0.3) is 0 Å². The predicted octanol–water partition coefficient (Wildman–Crippen LogP) is 2.35. The topological polar surface area (TPSA) is 52.5 Å². The van der Waals surface area contributed by atoms with E-state index >= 15 is 0 Å². The number of hydrogen-bond acceptors (Lipinski definition) is 3. The van der Waals surface area contributed by atoms with E-state index in [-0.39, 0.29) is 19.3 Å². The molecular formula is C17H27NO2. The van der Waals surface area contributed by atoms with Gasteiger partial charge in [0.1, 0.15) is 0 Å². The number of rotatable bonds is 6. The van der Waals surface area contributed by atoms with Crippen molar-refractivity contribution >= 4 is 0 Å². The summed E-state index contributed by atoms with van der Waals surface area (Å²) in [5, 5.41) is 22.5. The van der Waals surface area contributed by atoms with Gasteiger partial charge in [-0.05, 0) is 55.7 Å². The molecule has 0 amide bonds. The number of nitrogens with one attached hydrogen (secondary N) is 1. The molecule has 0 saturated heterocycles. The molecule has 1 atom stereocenters. The summed E-state index contributed by atoms with van der Waals surface area (Å²) in [7, 11) is 0. The molecule has 1 unspecified atom stereocenters. The Hall–Kier alpha value is -0.900. The first kappa shape index (κ1) is 15.5. The lowest BCUT2D eigenvalue weighted by atomic mass is 9.88. The van der Waals surface area contributed by atoms with E-state index in [1.54, 1.807) is 0 Å². The summed E-state index contributed by atoms with van der Waals surface area (Å²) in [5.41, 5.74) is 3.61. The zero-order valence-corrected chi connectivity index (χ0v) is 12.7. The Kier molecular flexibility index (Phi) is 5.19. The first-order valence-corrected chi connectivity index (χ1v) is 7.75. The third-order valence-corrected chi connectivity index (χ3v) is 4.68. The first-order valence-electron chi connectivity index (χ1n) is 7.75. The zero-order chi connectivity index (χ0) is 14.6. The van der Waals surface area contributed by atoms with Gasteiger partial charge in [-0.1, -0.05) is 25.1 Å². The second-order valence-electron chi connectivity index (χ2n) is 6.05. The second kappa shape index (κ2) is 6.70. The van der Waals surface area contributed by atoms with Crippen LogP contribution in [0, 0.1) is 0 Å². The highest BCUT2D eigenvalue weighted by molar-refractivity contribution is 5.35. The van der Waals surface area contributed by atoms with Crippen LogP contribution in [-0.4, -0.2) is 29.0 Å². The van der Waals surface area contributed by atoms with Crippen LogP contribution in [-0.2, 0) is 12.8 Å². The van der Waals surface area contributed by atoms with Gasteiger partial charge in [-0.25, -0.2) is 0 Å². The van der Waals surface area contributed by atoms with E-state index in [1.807, 2.05) is 6.92 Å². The first-order chi connectivity index (χ1) is 9.64. The van der Waals surface area contributed by atoms with E-state index in [0.717, 1.165) is 0 Å². The molecule has 0 spiro atoms. The van der Waals surface area contributed by atoms with Gasteiger partial charge in [0, 0.05) is 6.04 Å². The van der Waals surface area contributed by atoms with E-state index in [1.165, 1.54) is 42.4 Å². The molecule has 1 aromatic rings. The van der Waals surface area contributed by atoms with Crippen molar-refractivity contribution in [1.29, 1.82) is 0 Å². The van der Waals surface area contributed by atoms with Crippen molar-refractivity contribution in [1.82, 2.24) is 5.32 Å². The summed E-state index contributed by atoms with van der Waals surface area (Å²) in [6, 6.07) is 6.84. The Morgan fingerprint density at radius 1 is 1.15 bits per heavy atom. The van der Waals surface area contributed by atoms with Crippen LogP contribution >= 0.6 is 0 Å². The smallest absolute Gasteiger partial charge is 0.0650 e. The maximum atomic E-state index is 9.54. The van der Waals surface area contributed by atoms with Gasteiger partial charge < -0.3 is 15.5 Å². The van der Waals surface area contributed by atoms with Gasteiger partial charge in [0.15, 0.2) is 0 Å². The molecule has 0 aromatic heterocycles. The van der Waals surface area contributed by atoms with Gasteiger partial charge in [-0.2, -0.15) is 0 Å². The summed E-state index contributed by atoms with van der Waals surface area (Å²) < 4.78 is 0. The van der Waals surface area contributed by atoms with E-state index in [2.05, 4.69) is 30.4 Å². The quantitative estimate of drug-likeness (QED) is 0.748. The van der Waals surface area contributed by atoms with Crippen LogP contribution in [0.15, 0.2) is 18.2 Å². The summed E-state index contributed by atoms with van der Waals surface area (Å²) in [5.74, 6) is 0. The standard InChI is InChI=1S/C17H27NO2/c1-3-17(11-19,12-20)18-13(2)15-9-8-14-6-4-5-7-16(14)10-15/h8-10,13,18-20H,3-7,11-12H2,1-2H3. The average molecular weight is 277 g/mol. The van der Waals surface area contributed by atoms with Crippen molar-refractivity contribution in [3.63, 3.8) is 0 Å². The molecule has 3 heteroatoms. The van der Waals surface area contributed by atoms with Gasteiger partial charge >= 0.3 is 0 Å². The molecule has 20 heavy (non-hydrogen) atoms. The number of hydrogen-bond donors (Lipinski definition) is 3. The van der Waals surface area contributed by atoms with Crippen molar-refractivity contribution in [3.8, 4) is 0 Å². The fourth-order valence-electron chi connectivity index (χ4n) is 3.03. The highest BCUT2D eigenvalue weighted by Crippen LogP contribution is 2.26. The molecule has 1 aromatic carbocycles. The van der Waals surface area contributed by atoms with Crippen LogP contribution < -0.4 is 5.32 Å². The molecule has 0 heterocycles. The lowest BCUT2D eigenvalue weighted by Crippen LogP contribution is -2.52. The molecule has 0 aliphatic heterocycles. The van der Waals surface area contributed by atoms with E-state index in [4.69, 9.17) is 0 Å². The van der Waals surface area contributed by atoms with Gasteiger partial charge in [-0.15, -0.1) is 0 Å². The Morgan fingerprint density at radius 3 is 2.40 bits per heavy atom. The number of aryl methyl sites for hydroxylation is 2. The Bertz CT molecular complexity index is 432. The molecule has 1 aliphatic carbocycles. The molecule has 1 aliphatic rings. The van der Waals surface area contributed by atoms with Crippen molar-refractivity contribution in [3.05, 3.63) is 34.9 Å². The Balaban J connectivity index is 2.14. The van der Waals surface area contributed by atoms with Crippen LogP contribution in [0.3, 0.4) is 0 Å². The molecule has 0 fully saturated rings. The van der Waals surface area contributed by atoms with Crippen molar-refractivity contribution in [2.45, 2.75) is 57.5 Å². The van der Waals surface area contributed by atoms with Gasteiger partial charge in [0.25, 0.3) is 0 Å². The monoisotopic (exact) mass is 277 g/mol. The van der Waals surface area contributed by atoms with E-state index < -0.39 is 5.54 Å². The highest BCUT2D eigenvalue weighted by atomic mass is 16.3. The Labute approximate surface area is 122 Å². The van der Waals surface area contributed by atoms with Crippen molar-refractivity contribution < 1.29 is 10.2 Å². The fraction of sp³-hybridized carbons (Fsp3) is 0.647. The third kappa shape index (κ3) is 3.22. The summed E-state index contributed by atoms with van der Waals surface area (Å²) >= 11 is 0. The average Bonchev–Trinajstić information content (AvgIpc) is 2.52. The van der Waals surface area contributed by atoms with Crippen LogP contribution in [0.4, 0.5) is 0 Å². The minimum atomic E-state index is -0.588. The molecule has 2 rings (SSSR count).